The number of anilines is 1. The molecule has 0 saturated carbocycles. The second-order valence-corrected chi connectivity index (χ2v) is 7.45. The highest BCUT2D eigenvalue weighted by Gasteiger charge is 2.20. The lowest BCUT2D eigenvalue weighted by Gasteiger charge is -2.15. The highest BCUT2D eigenvalue weighted by molar-refractivity contribution is 6.05. The van der Waals surface area contributed by atoms with Crippen molar-refractivity contribution in [2.45, 2.75) is 26.0 Å². The van der Waals surface area contributed by atoms with Crippen molar-refractivity contribution in [2.24, 2.45) is 5.73 Å². The number of hydrogen-bond acceptors (Lipinski definition) is 6. The summed E-state index contributed by atoms with van der Waals surface area (Å²) in [5.41, 5.74) is 9.77. The van der Waals surface area contributed by atoms with Crippen LogP contribution in [0.25, 0.3) is 16.9 Å². The number of amides is 1. The van der Waals surface area contributed by atoms with Gasteiger partial charge in [-0.3, -0.25) is 4.79 Å². The largest absolute Gasteiger partial charge is 0.377 e. The summed E-state index contributed by atoms with van der Waals surface area (Å²) in [5.74, 6) is 0.698. The predicted octanol–water partition coefficient (Wildman–Crippen LogP) is 2.99. The van der Waals surface area contributed by atoms with Gasteiger partial charge in [0.2, 0.25) is 5.91 Å². The van der Waals surface area contributed by atoms with E-state index in [-0.39, 0.29) is 0 Å². The maximum absolute atomic E-state index is 11.8. The molecule has 1 aliphatic heterocycles. The number of nitrogens with one attached hydrogen (secondary N) is 1. The molecule has 1 amide bonds. The van der Waals surface area contributed by atoms with Crippen LogP contribution in [-0.2, 0) is 24.3 Å². The third kappa shape index (κ3) is 3.73. The van der Waals surface area contributed by atoms with Crippen molar-refractivity contribution in [1.29, 1.82) is 0 Å². The smallest absolute Gasteiger partial charge is 0.253 e. The lowest BCUT2D eigenvalue weighted by Crippen LogP contribution is -2.13. The maximum atomic E-state index is 11.8. The fraction of sp³-hybridized carbons (Fsp3) is 0.217. The van der Waals surface area contributed by atoms with E-state index < -0.39 is 5.91 Å². The maximum Gasteiger partial charge on any atom is 0.253 e. The van der Waals surface area contributed by atoms with Gasteiger partial charge in [0.25, 0.3) is 5.95 Å². The van der Waals surface area contributed by atoms with Crippen molar-refractivity contribution in [3.05, 3.63) is 77.1 Å². The average Bonchev–Trinajstić information content (AvgIpc) is 3.08. The molecule has 0 aliphatic carbocycles. The number of nitrogens with zero attached hydrogens (tertiary/aromatic N) is 4. The van der Waals surface area contributed by atoms with Crippen LogP contribution >= 0.6 is 0 Å². The van der Waals surface area contributed by atoms with Crippen LogP contribution in [0.5, 0.6) is 0 Å². The van der Waals surface area contributed by atoms with E-state index in [1.165, 1.54) is 0 Å². The van der Waals surface area contributed by atoms with Crippen molar-refractivity contribution < 1.29 is 9.53 Å². The SMILES string of the molecule is NC(=O)c1cccc2c1cnn2-c1nc2c(c(NCc3ccccc3)n1)COCCC2. The van der Waals surface area contributed by atoms with Gasteiger partial charge in [-0.25, -0.2) is 4.98 Å². The van der Waals surface area contributed by atoms with E-state index in [9.17, 15) is 4.79 Å². The molecule has 0 unspecified atom stereocenters. The number of fused-ring (bicyclic) bond motifs is 2. The van der Waals surface area contributed by atoms with E-state index in [0.717, 1.165) is 41.0 Å². The van der Waals surface area contributed by atoms with Gasteiger partial charge in [-0.1, -0.05) is 36.4 Å². The Hall–Kier alpha value is -3.78. The van der Waals surface area contributed by atoms with Gasteiger partial charge in [-0.05, 0) is 30.5 Å². The quantitative estimate of drug-likeness (QED) is 0.520. The van der Waals surface area contributed by atoms with Crippen LogP contribution < -0.4 is 11.1 Å². The number of nitrogens with two attached hydrogens (primary N) is 1. The minimum atomic E-state index is -0.490. The van der Waals surface area contributed by atoms with E-state index in [4.69, 9.17) is 20.4 Å². The number of ether oxygens (including phenoxy) is 1. The topological polar surface area (TPSA) is 108 Å². The van der Waals surface area contributed by atoms with Gasteiger partial charge in [0.1, 0.15) is 5.82 Å². The third-order valence-electron chi connectivity index (χ3n) is 5.40. The standard InChI is InChI=1S/C23H22N6O2/c24-21(30)16-8-4-10-20-17(16)13-26-29(20)23-27-19-9-5-11-31-14-18(19)22(28-23)25-12-15-6-2-1-3-7-15/h1-4,6-8,10,13H,5,9,11-12,14H2,(H2,24,30)(H,25,27,28). The van der Waals surface area contributed by atoms with Gasteiger partial charge in [-0.15, -0.1) is 0 Å². The number of benzene rings is 2. The molecular formula is C23H22N6O2. The number of aryl methyl sites for hydroxylation is 1. The Bertz CT molecular complexity index is 1250. The van der Waals surface area contributed by atoms with Crippen LogP contribution in [0.15, 0.2) is 54.7 Å². The zero-order chi connectivity index (χ0) is 21.2. The summed E-state index contributed by atoms with van der Waals surface area (Å²) < 4.78 is 7.42. The minimum Gasteiger partial charge on any atom is -0.377 e. The first-order valence-electron chi connectivity index (χ1n) is 10.2. The molecule has 5 rings (SSSR count). The van der Waals surface area contributed by atoms with Gasteiger partial charge < -0.3 is 15.8 Å². The van der Waals surface area contributed by atoms with Crippen LogP contribution in [0.4, 0.5) is 5.82 Å². The fourth-order valence-electron chi connectivity index (χ4n) is 3.84. The molecule has 3 heterocycles. The Kier molecular flexibility index (Phi) is 5.05. The van der Waals surface area contributed by atoms with Crippen LogP contribution in [0, 0.1) is 0 Å². The molecule has 8 heteroatoms. The average molecular weight is 414 g/mol. The van der Waals surface area contributed by atoms with Crippen molar-refractivity contribution in [1.82, 2.24) is 19.7 Å². The first-order chi connectivity index (χ1) is 15.2. The van der Waals surface area contributed by atoms with Crippen LogP contribution in [-0.4, -0.2) is 32.3 Å². The minimum absolute atomic E-state index is 0.425. The number of hydrogen-bond donors (Lipinski definition) is 2. The highest BCUT2D eigenvalue weighted by Crippen LogP contribution is 2.26. The molecule has 0 bridgehead atoms. The molecule has 156 valence electrons. The number of carbonyl (C=O) groups is 1. The molecule has 2 aromatic heterocycles. The molecule has 31 heavy (non-hydrogen) atoms. The Balaban J connectivity index is 1.59. The molecule has 0 saturated heterocycles. The third-order valence-corrected chi connectivity index (χ3v) is 5.40. The highest BCUT2D eigenvalue weighted by atomic mass is 16.5. The molecule has 0 spiro atoms. The zero-order valence-electron chi connectivity index (χ0n) is 16.9. The van der Waals surface area contributed by atoms with E-state index >= 15 is 0 Å². The van der Waals surface area contributed by atoms with Crippen LogP contribution in [0.2, 0.25) is 0 Å². The molecule has 3 N–H and O–H groups in total. The Labute approximate surface area is 179 Å². The summed E-state index contributed by atoms with van der Waals surface area (Å²) in [6.07, 6.45) is 3.33. The molecule has 0 atom stereocenters. The normalized spacial score (nSPS) is 13.5. The van der Waals surface area contributed by atoms with Crippen LogP contribution in [0.3, 0.4) is 0 Å². The van der Waals surface area contributed by atoms with Crippen molar-refractivity contribution in [3.8, 4) is 5.95 Å². The molecule has 2 aromatic carbocycles. The van der Waals surface area contributed by atoms with Crippen molar-refractivity contribution in [3.63, 3.8) is 0 Å². The zero-order valence-corrected chi connectivity index (χ0v) is 16.9. The number of aromatic nitrogens is 4. The van der Waals surface area contributed by atoms with Gasteiger partial charge in [0.15, 0.2) is 0 Å². The Morgan fingerprint density at radius 2 is 2.00 bits per heavy atom. The summed E-state index contributed by atoms with van der Waals surface area (Å²) in [5, 5.41) is 8.59. The second-order valence-electron chi connectivity index (χ2n) is 7.45. The molecule has 0 fully saturated rings. The molecule has 1 aliphatic rings. The summed E-state index contributed by atoms with van der Waals surface area (Å²) in [6, 6.07) is 15.5. The lowest BCUT2D eigenvalue weighted by molar-refractivity contribution is 0.100. The van der Waals surface area contributed by atoms with Crippen molar-refractivity contribution in [2.75, 3.05) is 11.9 Å². The van der Waals surface area contributed by atoms with E-state index in [2.05, 4.69) is 22.5 Å². The Morgan fingerprint density at radius 1 is 1.13 bits per heavy atom. The van der Waals surface area contributed by atoms with Crippen molar-refractivity contribution >= 4 is 22.6 Å². The summed E-state index contributed by atoms with van der Waals surface area (Å²) in [7, 11) is 0. The van der Waals surface area contributed by atoms with E-state index in [1.807, 2.05) is 24.3 Å². The van der Waals surface area contributed by atoms with Gasteiger partial charge in [0, 0.05) is 24.1 Å². The van der Waals surface area contributed by atoms with E-state index in [0.29, 0.717) is 36.7 Å². The summed E-state index contributed by atoms with van der Waals surface area (Å²) >= 11 is 0. The van der Waals surface area contributed by atoms with Gasteiger partial charge >= 0.3 is 0 Å². The molecule has 0 radical (unpaired) electrons. The summed E-state index contributed by atoms with van der Waals surface area (Å²) in [4.78, 5) is 21.4. The second kappa shape index (κ2) is 8.16. The number of primary amides is 1. The molecular weight excluding hydrogens is 392 g/mol. The predicted molar refractivity (Wildman–Crippen MR) is 117 cm³/mol. The first kappa shape index (κ1) is 19.2. The first-order valence-corrected chi connectivity index (χ1v) is 10.2. The lowest BCUT2D eigenvalue weighted by atomic mass is 10.1. The monoisotopic (exact) mass is 414 g/mol. The summed E-state index contributed by atoms with van der Waals surface area (Å²) in [6.45, 7) is 1.80. The molecule has 4 aromatic rings. The Morgan fingerprint density at radius 3 is 2.84 bits per heavy atom. The number of rotatable bonds is 5. The number of carbonyl (C=O) groups excluding carboxylic acids is 1. The van der Waals surface area contributed by atoms with E-state index in [1.54, 1.807) is 23.0 Å². The fourth-order valence-corrected chi connectivity index (χ4v) is 3.84. The molecule has 8 nitrogen and oxygen atoms in total. The van der Waals surface area contributed by atoms with Gasteiger partial charge in [0.05, 0.1) is 29.6 Å². The van der Waals surface area contributed by atoms with Crippen LogP contribution in [0.1, 0.15) is 33.6 Å². The van der Waals surface area contributed by atoms with Gasteiger partial charge in [-0.2, -0.15) is 14.8 Å².